The molecule has 3 aromatic carbocycles. The Morgan fingerprint density at radius 1 is 0.711 bits per heavy atom. The molecule has 0 atom stereocenters. The van der Waals surface area contributed by atoms with Crippen LogP contribution < -0.4 is 23.7 Å². The lowest BCUT2D eigenvalue weighted by Gasteiger charge is -2.14. The number of aromatic nitrogens is 1. The van der Waals surface area contributed by atoms with Crippen molar-refractivity contribution >= 4 is 17.6 Å². The number of carbonyl (C=O) groups excluding carboxylic acids is 2. The van der Waals surface area contributed by atoms with E-state index in [1.165, 1.54) is 0 Å². The smallest absolute Gasteiger partial charge is 0.343 e. The Balaban J connectivity index is 1.32. The zero-order valence-corrected chi connectivity index (χ0v) is 22.0. The lowest BCUT2D eigenvalue weighted by molar-refractivity contribution is -0.697. The van der Waals surface area contributed by atoms with Crippen LogP contribution in [0, 0.1) is 13.8 Å². The molecule has 7 heteroatoms. The molecule has 194 valence electrons. The van der Waals surface area contributed by atoms with Gasteiger partial charge < -0.3 is 19.1 Å². The molecule has 4 aromatic rings. The predicted molar refractivity (Wildman–Crippen MR) is 145 cm³/mol. The van der Waals surface area contributed by atoms with E-state index in [0.717, 1.165) is 11.3 Å². The normalized spacial score (nSPS) is 10.5. The minimum atomic E-state index is -0.482. The zero-order valence-electron chi connectivity index (χ0n) is 22.0. The molecule has 0 spiro atoms. The number of rotatable bonds is 9. The van der Waals surface area contributed by atoms with Gasteiger partial charge in [-0.15, -0.1) is 0 Å². The number of esters is 2. The Kier molecular flexibility index (Phi) is 8.38. The van der Waals surface area contributed by atoms with E-state index in [2.05, 4.69) is 21.6 Å². The van der Waals surface area contributed by atoms with Gasteiger partial charge in [-0.2, -0.15) is 0 Å². The van der Waals surface area contributed by atoms with E-state index in [-0.39, 0.29) is 0 Å². The van der Waals surface area contributed by atoms with Crippen molar-refractivity contribution in [3.05, 3.63) is 114 Å². The second-order valence-corrected chi connectivity index (χ2v) is 9.02. The Morgan fingerprint density at radius 2 is 1.24 bits per heavy atom. The highest BCUT2D eigenvalue weighted by atomic mass is 16.5. The van der Waals surface area contributed by atoms with Crippen molar-refractivity contribution in [3.8, 4) is 17.2 Å². The minimum absolute atomic E-state index is 0.405. The van der Waals surface area contributed by atoms with Crippen LogP contribution in [0.25, 0.3) is 0 Å². The summed E-state index contributed by atoms with van der Waals surface area (Å²) in [6.45, 7) is 4.84. The van der Waals surface area contributed by atoms with Crippen LogP contribution in [0.3, 0.4) is 0 Å². The molecule has 0 aliphatic heterocycles. The van der Waals surface area contributed by atoms with Crippen molar-refractivity contribution in [2.45, 2.75) is 20.4 Å². The van der Waals surface area contributed by atoms with Gasteiger partial charge in [-0.1, -0.05) is 18.2 Å². The first-order valence-electron chi connectivity index (χ1n) is 12.3. The van der Waals surface area contributed by atoms with Gasteiger partial charge in [0.2, 0.25) is 0 Å². The van der Waals surface area contributed by atoms with Gasteiger partial charge in [0.25, 0.3) is 0 Å². The molecule has 0 radical (unpaired) electrons. The summed E-state index contributed by atoms with van der Waals surface area (Å²) in [5.74, 6) is 0.573. The molecule has 0 saturated carbocycles. The molecule has 0 aliphatic carbocycles. The van der Waals surface area contributed by atoms with Gasteiger partial charge in [0.15, 0.2) is 18.9 Å². The Labute approximate surface area is 222 Å². The fraction of sp³-hybridized carbons (Fsp3) is 0.194. The van der Waals surface area contributed by atoms with Crippen molar-refractivity contribution in [1.29, 1.82) is 0 Å². The molecule has 0 amide bonds. The highest BCUT2D eigenvalue weighted by Gasteiger charge is 2.16. The highest BCUT2D eigenvalue weighted by Crippen LogP contribution is 2.30. The largest absolute Gasteiger partial charge is 0.487 e. The van der Waals surface area contributed by atoms with E-state index in [1.54, 1.807) is 60.7 Å². The standard InChI is InChI=1S/C31H31N2O5/c1-22-23(2)29(15-14-28(22)37-30(34)24-8-6-5-7-9-24)38-31(35)25-10-12-27(13-11-25)36-21-20-33-18-16-26(17-19-33)32(3)4/h5-19H,20-21H2,1-4H3/q+1. The Bertz CT molecular complexity index is 1400. The number of hydrogen-bond acceptors (Lipinski definition) is 6. The van der Waals surface area contributed by atoms with Crippen molar-refractivity contribution in [2.75, 3.05) is 25.6 Å². The maximum Gasteiger partial charge on any atom is 0.343 e. The predicted octanol–water partition coefficient (Wildman–Crippen LogP) is 5.17. The lowest BCUT2D eigenvalue weighted by atomic mass is 10.1. The first-order chi connectivity index (χ1) is 18.3. The van der Waals surface area contributed by atoms with Crippen LogP contribution in [0.4, 0.5) is 5.69 Å². The molecule has 0 saturated heterocycles. The summed E-state index contributed by atoms with van der Waals surface area (Å²) in [7, 11) is 4.01. The molecule has 1 aromatic heterocycles. The third kappa shape index (κ3) is 6.56. The summed E-state index contributed by atoms with van der Waals surface area (Å²) in [6, 6.07) is 23.0. The highest BCUT2D eigenvalue weighted by molar-refractivity contribution is 5.92. The second-order valence-electron chi connectivity index (χ2n) is 9.02. The molecule has 0 aliphatic rings. The number of anilines is 1. The number of pyridine rings is 1. The van der Waals surface area contributed by atoms with Crippen LogP contribution in [0.5, 0.6) is 17.2 Å². The summed E-state index contributed by atoms with van der Waals surface area (Å²) in [5.41, 5.74) is 3.44. The van der Waals surface area contributed by atoms with Gasteiger partial charge in [-0.25, -0.2) is 14.2 Å². The molecular weight excluding hydrogens is 480 g/mol. The van der Waals surface area contributed by atoms with E-state index in [0.29, 0.717) is 47.1 Å². The third-order valence-corrected chi connectivity index (χ3v) is 6.20. The van der Waals surface area contributed by atoms with E-state index >= 15 is 0 Å². The van der Waals surface area contributed by atoms with Crippen molar-refractivity contribution in [2.24, 2.45) is 0 Å². The molecule has 4 rings (SSSR count). The van der Waals surface area contributed by atoms with Crippen LogP contribution in [0.15, 0.2) is 91.3 Å². The second kappa shape index (κ2) is 12.1. The number of nitrogens with zero attached hydrogens (tertiary/aromatic N) is 2. The van der Waals surface area contributed by atoms with Gasteiger partial charge in [0, 0.05) is 31.9 Å². The van der Waals surface area contributed by atoms with Crippen LogP contribution in [-0.4, -0.2) is 32.6 Å². The zero-order chi connectivity index (χ0) is 27.1. The molecule has 0 N–H and O–H groups in total. The van der Waals surface area contributed by atoms with E-state index in [9.17, 15) is 9.59 Å². The van der Waals surface area contributed by atoms with E-state index in [1.807, 2.05) is 46.4 Å². The first kappa shape index (κ1) is 26.4. The molecule has 7 nitrogen and oxygen atoms in total. The minimum Gasteiger partial charge on any atom is -0.487 e. The number of benzene rings is 3. The number of carbonyl (C=O) groups is 2. The van der Waals surface area contributed by atoms with Crippen molar-refractivity contribution < 1.29 is 28.4 Å². The summed E-state index contributed by atoms with van der Waals surface area (Å²) < 4.78 is 19.1. The molecule has 0 bridgehead atoms. The monoisotopic (exact) mass is 511 g/mol. The molecule has 0 fully saturated rings. The van der Waals surface area contributed by atoms with Gasteiger partial charge in [-0.3, -0.25) is 0 Å². The van der Waals surface area contributed by atoms with E-state index in [4.69, 9.17) is 14.2 Å². The molecule has 1 heterocycles. The van der Waals surface area contributed by atoms with E-state index < -0.39 is 11.9 Å². The van der Waals surface area contributed by atoms with Gasteiger partial charge >= 0.3 is 11.9 Å². The van der Waals surface area contributed by atoms with Gasteiger partial charge in [-0.05, 0) is 73.5 Å². The summed E-state index contributed by atoms with van der Waals surface area (Å²) in [4.78, 5) is 27.2. The summed E-state index contributed by atoms with van der Waals surface area (Å²) in [6.07, 6.45) is 4.03. The van der Waals surface area contributed by atoms with Crippen LogP contribution in [-0.2, 0) is 6.54 Å². The average molecular weight is 512 g/mol. The molecule has 0 unspecified atom stereocenters. The van der Waals surface area contributed by atoms with Gasteiger partial charge in [0.1, 0.15) is 23.9 Å². The number of ether oxygens (including phenoxy) is 3. The Hall–Kier alpha value is -4.65. The molecule has 38 heavy (non-hydrogen) atoms. The average Bonchev–Trinajstić information content (AvgIpc) is 2.94. The summed E-state index contributed by atoms with van der Waals surface area (Å²) in [5, 5.41) is 0. The fourth-order valence-electron chi connectivity index (χ4n) is 3.74. The van der Waals surface area contributed by atoms with Crippen molar-refractivity contribution in [3.63, 3.8) is 0 Å². The fourth-order valence-corrected chi connectivity index (χ4v) is 3.74. The Morgan fingerprint density at radius 3 is 1.76 bits per heavy atom. The third-order valence-electron chi connectivity index (χ3n) is 6.20. The quantitative estimate of drug-likeness (QED) is 0.175. The first-order valence-corrected chi connectivity index (χ1v) is 12.3. The van der Waals surface area contributed by atoms with Crippen molar-refractivity contribution in [1.82, 2.24) is 0 Å². The lowest BCUT2D eigenvalue weighted by Crippen LogP contribution is -2.35. The van der Waals surface area contributed by atoms with Crippen LogP contribution in [0.2, 0.25) is 0 Å². The number of hydrogen-bond donors (Lipinski definition) is 0. The van der Waals surface area contributed by atoms with Crippen LogP contribution in [0.1, 0.15) is 31.8 Å². The molecular formula is C31H31N2O5+. The van der Waals surface area contributed by atoms with Gasteiger partial charge in [0.05, 0.1) is 11.1 Å². The topological polar surface area (TPSA) is 68.9 Å². The summed E-state index contributed by atoms with van der Waals surface area (Å²) >= 11 is 0. The SMILES string of the molecule is Cc1c(OC(=O)c2ccccc2)ccc(OC(=O)c2ccc(OCC[n+]3ccc(N(C)C)cc3)cc2)c1C. The maximum absolute atomic E-state index is 12.8. The maximum atomic E-state index is 12.8. The van der Waals surface area contributed by atoms with Crippen LogP contribution >= 0.6 is 0 Å².